The summed E-state index contributed by atoms with van der Waals surface area (Å²) in [4.78, 5) is 0. The Bertz CT molecular complexity index is 455. The van der Waals surface area contributed by atoms with Crippen molar-refractivity contribution in [1.29, 1.82) is 0 Å². The molecule has 2 rings (SSSR count). The largest absolute Gasteiger partial charge is 0.133 e. The van der Waals surface area contributed by atoms with Gasteiger partial charge in [0.15, 0.2) is 0 Å². The van der Waals surface area contributed by atoms with E-state index in [2.05, 4.69) is 44.7 Å². The second kappa shape index (κ2) is 3.95. The van der Waals surface area contributed by atoms with Gasteiger partial charge in [-0.15, -0.1) is 24.0 Å². The van der Waals surface area contributed by atoms with E-state index in [9.17, 15) is 0 Å². The van der Waals surface area contributed by atoms with E-state index in [1.54, 1.807) is 11.3 Å². The maximum Gasteiger partial charge on any atom is 0.0580 e. The Kier molecular flexibility index (Phi) is 2.84. The fourth-order valence-corrected chi connectivity index (χ4v) is 3.20. The minimum Gasteiger partial charge on any atom is -0.133 e. The molecule has 1 aromatic carbocycles. The summed E-state index contributed by atoms with van der Waals surface area (Å²) in [6.07, 6.45) is 2.24. The molecule has 0 aliphatic carbocycles. The molecule has 0 nitrogen and oxygen atoms in total. The summed E-state index contributed by atoms with van der Waals surface area (Å²) in [7, 11) is 0. The Morgan fingerprint density at radius 2 is 2.00 bits per heavy atom. The lowest BCUT2D eigenvalue weighted by atomic mass is 10.00. The number of hydrogen-bond acceptors (Lipinski definition) is 2. The van der Waals surface area contributed by atoms with Gasteiger partial charge in [-0.2, -0.15) is 0 Å². The van der Waals surface area contributed by atoms with Gasteiger partial charge in [-0.3, -0.25) is 0 Å². The Labute approximate surface area is 94.4 Å². The highest BCUT2D eigenvalue weighted by Gasteiger charge is 2.07. The molecule has 2 heteroatoms. The van der Waals surface area contributed by atoms with Crippen molar-refractivity contribution >= 4 is 34.1 Å². The Hall–Kier alpha value is -0.470. The lowest BCUT2D eigenvalue weighted by Crippen LogP contribution is -1.90. The first kappa shape index (κ1) is 10.1. The second-order valence-electron chi connectivity index (χ2n) is 3.41. The van der Waals surface area contributed by atoms with Crippen molar-refractivity contribution in [2.24, 2.45) is 0 Å². The van der Waals surface area contributed by atoms with Gasteiger partial charge in [0.25, 0.3) is 0 Å². The summed E-state index contributed by atoms with van der Waals surface area (Å²) in [5.74, 6) is 0. The molecule has 0 spiro atoms. The van der Waals surface area contributed by atoms with Crippen molar-refractivity contribution in [2.75, 3.05) is 0 Å². The quantitative estimate of drug-likeness (QED) is 0.719. The van der Waals surface area contributed by atoms with Crippen LogP contribution in [0.2, 0.25) is 0 Å². The minimum atomic E-state index is 1.11. The van der Waals surface area contributed by atoms with Gasteiger partial charge in [-0.25, -0.2) is 0 Å². The van der Waals surface area contributed by atoms with Crippen LogP contribution in [0.25, 0.3) is 10.1 Å². The first-order valence-electron chi connectivity index (χ1n) is 4.99. The first-order chi connectivity index (χ1) is 6.76. The fraction of sp³-hybridized carbons (Fsp3) is 0.333. The van der Waals surface area contributed by atoms with Gasteiger partial charge in [0.2, 0.25) is 0 Å². The number of benzene rings is 1. The van der Waals surface area contributed by atoms with Crippen LogP contribution in [0.4, 0.5) is 0 Å². The van der Waals surface area contributed by atoms with E-state index < -0.39 is 0 Å². The summed E-state index contributed by atoms with van der Waals surface area (Å²) in [5.41, 5.74) is 2.98. The number of thiophene rings is 1. The summed E-state index contributed by atoms with van der Waals surface area (Å²) in [6, 6.07) is 6.67. The molecule has 0 fully saturated rings. The normalized spacial score (nSPS) is 11.1. The van der Waals surface area contributed by atoms with Gasteiger partial charge in [0, 0.05) is 4.70 Å². The number of rotatable bonds is 2. The first-order valence-corrected chi connectivity index (χ1v) is 6.25. The third-order valence-corrected chi connectivity index (χ3v) is 3.94. The molecular formula is C12H14S2. The molecule has 0 saturated heterocycles. The summed E-state index contributed by atoms with van der Waals surface area (Å²) < 4.78 is 2.48. The van der Waals surface area contributed by atoms with E-state index in [4.69, 9.17) is 0 Å². The molecule has 0 saturated carbocycles. The molecular weight excluding hydrogens is 208 g/mol. The van der Waals surface area contributed by atoms with Gasteiger partial charge in [0.05, 0.1) is 4.21 Å². The number of aryl methyl sites for hydroxylation is 2. The van der Waals surface area contributed by atoms with E-state index in [1.807, 2.05) is 0 Å². The van der Waals surface area contributed by atoms with Crippen LogP contribution in [0.15, 0.2) is 22.4 Å². The summed E-state index contributed by atoms with van der Waals surface area (Å²) in [6.45, 7) is 4.44. The van der Waals surface area contributed by atoms with Crippen molar-refractivity contribution in [3.63, 3.8) is 0 Å². The molecule has 0 aliphatic heterocycles. The smallest absolute Gasteiger partial charge is 0.0580 e. The number of thiol groups is 1. The average molecular weight is 222 g/mol. The standard InChI is InChI=1S/C12H14S2/c1-3-8-5-6-11-10(9(8)4-2)7-12(13)14-11/h5-7,13H,3-4H2,1-2H3. The molecule has 2 aromatic rings. The lowest BCUT2D eigenvalue weighted by Gasteiger charge is -2.06. The van der Waals surface area contributed by atoms with Crippen LogP contribution in [0.3, 0.4) is 0 Å². The third kappa shape index (κ3) is 1.57. The summed E-state index contributed by atoms with van der Waals surface area (Å²) >= 11 is 6.18. The zero-order valence-electron chi connectivity index (χ0n) is 8.50. The van der Waals surface area contributed by atoms with Crippen LogP contribution in [0, 0.1) is 0 Å². The molecule has 1 aromatic heterocycles. The highest BCUT2D eigenvalue weighted by atomic mass is 32.2. The predicted octanol–water partition coefficient (Wildman–Crippen LogP) is 4.31. The zero-order chi connectivity index (χ0) is 10.1. The molecule has 0 radical (unpaired) electrons. The molecule has 0 bridgehead atoms. The average Bonchev–Trinajstić information content (AvgIpc) is 2.56. The van der Waals surface area contributed by atoms with Gasteiger partial charge in [0.1, 0.15) is 0 Å². The number of hydrogen-bond donors (Lipinski definition) is 1. The van der Waals surface area contributed by atoms with E-state index in [0.29, 0.717) is 0 Å². The van der Waals surface area contributed by atoms with Crippen LogP contribution in [0.1, 0.15) is 25.0 Å². The van der Waals surface area contributed by atoms with Crippen LogP contribution in [0.5, 0.6) is 0 Å². The van der Waals surface area contributed by atoms with Gasteiger partial charge in [-0.1, -0.05) is 19.9 Å². The molecule has 1 heterocycles. The maximum atomic E-state index is 4.41. The fourth-order valence-electron chi connectivity index (χ4n) is 1.95. The SMILES string of the molecule is CCc1ccc2sc(S)cc2c1CC. The second-order valence-corrected chi connectivity index (χ2v) is 5.27. The van der Waals surface area contributed by atoms with E-state index >= 15 is 0 Å². The van der Waals surface area contributed by atoms with E-state index in [-0.39, 0.29) is 0 Å². The Balaban J connectivity index is 2.75. The highest BCUT2D eigenvalue weighted by molar-refractivity contribution is 7.83. The van der Waals surface area contributed by atoms with Gasteiger partial charge < -0.3 is 0 Å². The summed E-state index contributed by atoms with van der Waals surface area (Å²) in [5, 5.41) is 1.40. The molecule has 0 aliphatic rings. The van der Waals surface area contributed by atoms with Gasteiger partial charge >= 0.3 is 0 Å². The van der Waals surface area contributed by atoms with Crippen molar-refractivity contribution in [3.8, 4) is 0 Å². The molecule has 0 atom stereocenters. The van der Waals surface area contributed by atoms with Crippen molar-refractivity contribution in [2.45, 2.75) is 30.9 Å². The molecule has 0 unspecified atom stereocenters. The Morgan fingerprint density at radius 3 is 2.64 bits per heavy atom. The van der Waals surface area contributed by atoms with Crippen molar-refractivity contribution in [1.82, 2.24) is 0 Å². The van der Waals surface area contributed by atoms with Crippen LogP contribution in [-0.4, -0.2) is 0 Å². The molecule has 0 amide bonds. The predicted molar refractivity (Wildman–Crippen MR) is 67.8 cm³/mol. The molecule has 74 valence electrons. The van der Waals surface area contributed by atoms with Gasteiger partial charge in [-0.05, 0) is 41.5 Å². The maximum absolute atomic E-state index is 4.41. The highest BCUT2D eigenvalue weighted by Crippen LogP contribution is 2.32. The van der Waals surface area contributed by atoms with Crippen LogP contribution in [-0.2, 0) is 12.8 Å². The van der Waals surface area contributed by atoms with E-state index in [0.717, 1.165) is 17.1 Å². The topological polar surface area (TPSA) is 0 Å². The van der Waals surface area contributed by atoms with Crippen molar-refractivity contribution in [3.05, 3.63) is 29.3 Å². The number of fused-ring (bicyclic) bond motifs is 1. The third-order valence-electron chi connectivity index (χ3n) is 2.63. The van der Waals surface area contributed by atoms with Crippen LogP contribution < -0.4 is 0 Å². The molecule has 0 N–H and O–H groups in total. The lowest BCUT2D eigenvalue weighted by molar-refractivity contribution is 1.05. The van der Waals surface area contributed by atoms with E-state index in [1.165, 1.54) is 21.2 Å². The minimum absolute atomic E-state index is 1.11. The van der Waals surface area contributed by atoms with Crippen molar-refractivity contribution < 1.29 is 0 Å². The monoisotopic (exact) mass is 222 g/mol. The zero-order valence-corrected chi connectivity index (χ0v) is 10.2. The van der Waals surface area contributed by atoms with Crippen LogP contribution >= 0.6 is 24.0 Å². The Morgan fingerprint density at radius 1 is 1.21 bits per heavy atom. The molecule has 14 heavy (non-hydrogen) atoms.